The highest BCUT2D eigenvalue weighted by atomic mass is 32.2. The van der Waals surface area contributed by atoms with Crippen LogP contribution in [0.3, 0.4) is 0 Å². The molecule has 110 valence electrons. The summed E-state index contributed by atoms with van der Waals surface area (Å²) in [4.78, 5) is 27.7. The van der Waals surface area contributed by atoms with Crippen LogP contribution in [0.2, 0.25) is 0 Å². The molecule has 1 unspecified atom stereocenters. The van der Waals surface area contributed by atoms with Crippen LogP contribution >= 0.6 is 23.1 Å². The first-order valence-corrected chi connectivity index (χ1v) is 8.44. The molecule has 1 N–H and O–H groups in total. The van der Waals surface area contributed by atoms with Crippen molar-refractivity contribution in [2.24, 2.45) is 0 Å². The van der Waals surface area contributed by atoms with Gasteiger partial charge in [-0.25, -0.2) is 9.78 Å². The van der Waals surface area contributed by atoms with Gasteiger partial charge in [0.2, 0.25) is 0 Å². The Bertz CT molecular complexity index is 496. The summed E-state index contributed by atoms with van der Waals surface area (Å²) in [5, 5.41) is 4.43. The molecule has 0 saturated carbocycles. The molecule has 1 aliphatic rings. The second-order valence-corrected chi connectivity index (χ2v) is 7.02. The van der Waals surface area contributed by atoms with Crippen LogP contribution in [0.4, 0.5) is 5.13 Å². The molecule has 2 rings (SSSR count). The van der Waals surface area contributed by atoms with E-state index in [4.69, 9.17) is 0 Å². The number of anilines is 1. The Hall–Kier alpha value is -1.08. The Morgan fingerprint density at radius 1 is 1.45 bits per heavy atom. The number of esters is 1. The molecule has 0 aliphatic carbocycles. The number of ether oxygens (including phenoxy) is 1. The van der Waals surface area contributed by atoms with Crippen molar-refractivity contribution in [2.45, 2.75) is 31.4 Å². The van der Waals surface area contributed by atoms with Crippen molar-refractivity contribution in [1.29, 1.82) is 0 Å². The normalized spacial score (nSPS) is 18.6. The van der Waals surface area contributed by atoms with Crippen molar-refractivity contribution >= 4 is 40.0 Å². The number of carbonyl (C=O) groups is 2. The van der Waals surface area contributed by atoms with Gasteiger partial charge in [-0.05, 0) is 18.6 Å². The molecule has 1 aliphatic heterocycles. The first-order chi connectivity index (χ1) is 9.61. The number of hydrogen-bond acceptors (Lipinski definition) is 7. The molecule has 7 heteroatoms. The number of hydrogen-bond donors (Lipinski definition) is 1. The van der Waals surface area contributed by atoms with E-state index in [0.29, 0.717) is 15.3 Å². The van der Waals surface area contributed by atoms with E-state index >= 15 is 0 Å². The first-order valence-electron chi connectivity index (χ1n) is 6.57. The van der Waals surface area contributed by atoms with E-state index in [-0.39, 0.29) is 11.5 Å². The topological polar surface area (TPSA) is 68.3 Å². The number of aromatic nitrogens is 1. The van der Waals surface area contributed by atoms with Crippen LogP contribution in [-0.2, 0) is 4.74 Å². The van der Waals surface area contributed by atoms with Gasteiger partial charge in [0.1, 0.15) is 4.88 Å². The van der Waals surface area contributed by atoms with Crippen LogP contribution < -0.4 is 5.32 Å². The van der Waals surface area contributed by atoms with E-state index in [1.807, 2.05) is 11.8 Å². The second kappa shape index (κ2) is 7.08. The van der Waals surface area contributed by atoms with Crippen LogP contribution in [0.1, 0.15) is 46.3 Å². The summed E-state index contributed by atoms with van der Waals surface area (Å²) >= 11 is 3.18. The fraction of sp³-hybridized carbons (Fsp3) is 0.615. The molecule has 1 fully saturated rings. The summed E-state index contributed by atoms with van der Waals surface area (Å²) in [6, 6.07) is 0. The Morgan fingerprint density at radius 2 is 2.25 bits per heavy atom. The van der Waals surface area contributed by atoms with E-state index in [9.17, 15) is 9.59 Å². The number of nitrogens with one attached hydrogen (secondary N) is 1. The number of thiazole rings is 1. The average molecular weight is 314 g/mol. The average Bonchev–Trinajstić information content (AvgIpc) is 2.90. The van der Waals surface area contributed by atoms with Gasteiger partial charge in [-0.2, -0.15) is 11.8 Å². The monoisotopic (exact) mass is 314 g/mol. The van der Waals surface area contributed by atoms with Crippen molar-refractivity contribution in [1.82, 2.24) is 4.98 Å². The summed E-state index contributed by atoms with van der Waals surface area (Å²) in [6.45, 7) is 2.25. The SMILES string of the molecule is COC(=O)c1nc(NCC2CCCCS2)sc1C(C)=O. The van der Waals surface area contributed by atoms with Crippen LogP contribution in [0.5, 0.6) is 0 Å². The van der Waals surface area contributed by atoms with E-state index in [0.717, 1.165) is 6.54 Å². The van der Waals surface area contributed by atoms with Crippen LogP contribution in [-0.4, -0.2) is 41.4 Å². The fourth-order valence-electron chi connectivity index (χ4n) is 2.04. The lowest BCUT2D eigenvalue weighted by molar-refractivity contribution is 0.0591. The minimum absolute atomic E-state index is 0.115. The minimum atomic E-state index is -0.563. The van der Waals surface area contributed by atoms with Gasteiger partial charge in [0.05, 0.1) is 7.11 Å². The minimum Gasteiger partial charge on any atom is -0.464 e. The molecule has 0 aromatic carbocycles. The van der Waals surface area contributed by atoms with Gasteiger partial charge in [0, 0.05) is 18.7 Å². The number of thioether (sulfide) groups is 1. The third-order valence-electron chi connectivity index (χ3n) is 3.08. The molecule has 1 aromatic rings. The number of rotatable bonds is 5. The summed E-state index contributed by atoms with van der Waals surface area (Å²) in [7, 11) is 1.29. The number of carbonyl (C=O) groups excluding carboxylic acids is 2. The van der Waals surface area contributed by atoms with Crippen molar-refractivity contribution in [3.8, 4) is 0 Å². The lowest BCUT2D eigenvalue weighted by Gasteiger charge is -2.21. The Labute approximate surface area is 126 Å². The zero-order chi connectivity index (χ0) is 14.5. The molecule has 0 radical (unpaired) electrons. The lowest BCUT2D eigenvalue weighted by Crippen LogP contribution is -2.20. The number of ketones is 1. The number of nitrogens with zero attached hydrogens (tertiary/aromatic N) is 1. The molecule has 5 nitrogen and oxygen atoms in total. The molecule has 1 aromatic heterocycles. The summed E-state index contributed by atoms with van der Waals surface area (Å²) in [5.74, 6) is 0.477. The van der Waals surface area contributed by atoms with Gasteiger partial charge in [0.15, 0.2) is 16.6 Å². The maximum absolute atomic E-state index is 11.6. The summed E-state index contributed by atoms with van der Waals surface area (Å²) in [6.07, 6.45) is 3.76. The molecule has 2 heterocycles. The molecular formula is C13H18N2O3S2. The van der Waals surface area contributed by atoms with Gasteiger partial charge in [-0.15, -0.1) is 0 Å². The Balaban J connectivity index is 2.04. The van der Waals surface area contributed by atoms with Gasteiger partial charge < -0.3 is 10.1 Å². The Kier molecular flexibility index (Phi) is 5.42. The van der Waals surface area contributed by atoms with E-state index in [1.165, 1.54) is 50.4 Å². The maximum atomic E-state index is 11.6. The third kappa shape index (κ3) is 3.73. The van der Waals surface area contributed by atoms with Crippen LogP contribution in [0, 0.1) is 0 Å². The quantitative estimate of drug-likeness (QED) is 0.666. The number of Topliss-reactive ketones (excluding diaryl/α,β-unsaturated/α-hetero) is 1. The molecule has 1 atom stereocenters. The molecule has 0 amide bonds. The highest BCUT2D eigenvalue weighted by Gasteiger charge is 2.22. The lowest BCUT2D eigenvalue weighted by atomic mass is 10.2. The predicted molar refractivity (Wildman–Crippen MR) is 82.0 cm³/mol. The fourth-order valence-corrected chi connectivity index (χ4v) is 4.13. The largest absolute Gasteiger partial charge is 0.464 e. The van der Waals surface area contributed by atoms with Crippen LogP contribution in [0.25, 0.3) is 0 Å². The van der Waals surface area contributed by atoms with Crippen molar-refractivity contribution in [2.75, 3.05) is 24.7 Å². The standard InChI is InChI=1S/C13H18N2O3S2/c1-8(16)11-10(12(17)18-2)15-13(20-11)14-7-9-5-3-4-6-19-9/h9H,3-7H2,1-2H3,(H,14,15). The van der Waals surface area contributed by atoms with Gasteiger partial charge >= 0.3 is 5.97 Å². The molecule has 1 saturated heterocycles. The maximum Gasteiger partial charge on any atom is 0.358 e. The van der Waals surface area contributed by atoms with Crippen molar-refractivity contribution in [3.63, 3.8) is 0 Å². The Morgan fingerprint density at radius 3 is 2.85 bits per heavy atom. The zero-order valence-electron chi connectivity index (χ0n) is 11.6. The zero-order valence-corrected chi connectivity index (χ0v) is 13.2. The van der Waals surface area contributed by atoms with E-state index in [1.54, 1.807) is 0 Å². The van der Waals surface area contributed by atoms with E-state index in [2.05, 4.69) is 15.0 Å². The molecule has 0 spiro atoms. The highest BCUT2D eigenvalue weighted by molar-refractivity contribution is 7.99. The van der Waals surface area contributed by atoms with E-state index < -0.39 is 5.97 Å². The first kappa shape index (κ1) is 15.3. The predicted octanol–water partition coefficient (Wildman–Crippen LogP) is 2.83. The van der Waals surface area contributed by atoms with Crippen molar-refractivity contribution < 1.29 is 14.3 Å². The molecular weight excluding hydrogens is 296 g/mol. The third-order valence-corrected chi connectivity index (χ3v) is 5.59. The highest BCUT2D eigenvalue weighted by Crippen LogP contribution is 2.28. The van der Waals surface area contributed by atoms with Gasteiger partial charge in [-0.1, -0.05) is 17.8 Å². The molecule has 0 bridgehead atoms. The number of methoxy groups -OCH3 is 1. The van der Waals surface area contributed by atoms with Gasteiger partial charge in [0.25, 0.3) is 0 Å². The van der Waals surface area contributed by atoms with Gasteiger partial charge in [-0.3, -0.25) is 4.79 Å². The molecule has 20 heavy (non-hydrogen) atoms. The summed E-state index contributed by atoms with van der Waals surface area (Å²) in [5.41, 5.74) is 0.115. The van der Waals surface area contributed by atoms with Crippen LogP contribution in [0.15, 0.2) is 0 Å². The smallest absolute Gasteiger partial charge is 0.358 e. The van der Waals surface area contributed by atoms with Crippen molar-refractivity contribution in [3.05, 3.63) is 10.6 Å². The second-order valence-electron chi connectivity index (χ2n) is 4.61. The summed E-state index contributed by atoms with van der Waals surface area (Å²) < 4.78 is 4.66.